The quantitative estimate of drug-likeness (QED) is 0.0613. The van der Waals surface area contributed by atoms with E-state index in [4.69, 9.17) is 55.2 Å². The third-order valence-electron chi connectivity index (χ3n) is 10.4. The maximum absolute atomic E-state index is 14.8. The lowest BCUT2D eigenvalue weighted by atomic mass is 9.96. The average molecular weight is 1000 g/mol. The largest absolute Gasteiger partial charge is 0.451 e. The summed E-state index contributed by atoms with van der Waals surface area (Å²) in [6.45, 7) is 0.748. The molecule has 0 bridgehead atoms. The lowest BCUT2D eigenvalue weighted by Gasteiger charge is -2.21. The summed E-state index contributed by atoms with van der Waals surface area (Å²) >= 11 is 27.0. The molecule has 2 aromatic carbocycles. The summed E-state index contributed by atoms with van der Waals surface area (Å²) < 4.78 is 137. The third-order valence-corrected chi connectivity index (χ3v) is 14.8. The van der Waals surface area contributed by atoms with Gasteiger partial charge in [0.1, 0.15) is 50.1 Å². The van der Waals surface area contributed by atoms with Crippen molar-refractivity contribution < 1.29 is 48.1 Å². The second kappa shape index (κ2) is 17.1. The Kier molecular flexibility index (Phi) is 12.4. The highest BCUT2D eigenvalue weighted by atomic mass is 35.5. The zero-order valence-electron chi connectivity index (χ0n) is 31.8. The monoisotopic (exact) mass is 999 g/mol. The second-order valence-electron chi connectivity index (χ2n) is 14.7. The van der Waals surface area contributed by atoms with Gasteiger partial charge in [-0.2, -0.15) is 45.0 Å². The molecular weight excluding hydrogens is 970 g/mol. The molecule has 23 heteroatoms. The fourth-order valence-corrected chi connectivity index (χ4v) is 11.1. The Morgan fingerprint density at radius 3 is 1.68 bits per heavy atom. The summed E-state index contributed by atoms with van der Waals surface area (Å²) in [7, 11) is -2.91. The molecule has 8 aromatic rings. The molecule has 8 rings (SSSR count). The van der Waals surface area contributed by atoms with Crippen LogP contribution in [0.5, 0.6) is 0 Å². The van der Waals surface area contributed by atoms with Crippen molar-refractivity contribution in [2.24, 2.45) is 0 Å². The standard InChI is InChI=1S/C39H31Cl4F6N5O5S3/c1-52(13-4-2-6-21(38(44,45)46)30-34-32(36-27(58-34)12-15-60-36)53(50-30)25-10-8-19(40)16-23(25)42)14-5-3-7-22(39(47,48)49)31-35-33(37-28(59-35)18-29(61-37)62(55,56)57)54(51-31)26-11-9-20(41)17-24(26)43/h8-12,15-18,21-22H,2-7,13-14H2,1H3,(H,55,56,57). The second-order valence-corrected chi connectivity index (χ2v) is 20.0. The van der Waals surface area contributed by atoms with Crippen LogP contribution in [0, 0.1) is 0 Å². The third kappa shape index (κ3) is 8.81. The first-order valence-electron chi connectivity index (χ1n) is 18.7. The topological polar surface area (TPSA) is 120 Å². The number of fused-ring (bicyclic) bond motifs is 6. The molecule has 0 aliphatic carbocycles. The van der Waals surface area contributed by atoms with E-state index in [-0.39, 0.29) is 79.1 Å². The van der Waals surface area contributed by atoms with E-state index in [1.54, 1.807) is 30.6 Å². The highest BCUT2D eigenvalue weighted by Gasteiger charge is 2.46. The van der Waals surface area contributed by atoms with E-state index in [1.807, 2.05) is 4.90 Å². The molecule has 0 saturated carbocycles. The number of unbranched alkanes of at least 4 members (excludes halogenated alkanes) is 2. The van der Waals surface area contributed by atoms with Gasteiger partial charge in [-0.05, 0) is 93.7 Å². The molecule has 62 heavy (non-hydrogen) atoms. The Hall–Kier alpha value is -3.53. The van der Waals surface area contributed by atoms with Crippen molar-refractivity contribution in [1.29, 1.82) is 0 Å². The van der Waals surface area contributed by atoms with Crippen molar-refractivity contribution in [2.45, 2.75) is 66.9 Å². The summed E-state index contributed by atoms with van der Waals surface area (Å²) in [5.41, 5.74) is 0.384. The van der Waals surface area contributed by atoms with Gasteiger partial charge in [-0.3, -0.25) is 4.55 Å². The van der Waals surface area contributed by atoms with Gasteiger partial charge in [0.2, 0.25) is 0 Å². The summed E-state index contributed by atoms with van der Waals surface area (Å²) in [6.07, 6.45) is -9.15. The number of hydrogen-bond acceptors (Lipinski definition) is 9. The van der Waals surface area contributed by atoms with E-state index in [2.05, 4.69) is 10.2 Å². The highest BCUT2D eigenvalue weighted by Crippen LogP contribution is 2.48. The molecule has 1 N–H and O–H groups in total. The van der Waals surface area contributed by atoms with Crippen LogP contribution in [0.1, 0.15) is 61.7 Å². The van der Waals surface area contributed by atoms with Crippen LogP contribution in [-0.2, 0) is 10.1 Å². The normalized spacial score (nSPS) is 14.1. The smallest absolute Gasteiger partial charge is 0.397 e. The molecule has 0 radical (unpaired) electrons. The fraction of sp³-hybridized carbons (Fsp3) is 0.333. The number of halogens is 10. The van der Waals surface area contributed by atoms with Crippen molar-refractivity contribution in [1.82, 2.24) is 24.5 Å². The highest BCUT2D eigenvalue weighted by molar-refractivity contribution is 7.88. The van der Waals surface area contributed by atoms with Crippen LogP contribution in [0.3, 0.4) is 0 Å². The Bertz CT molecular complexity index is 3060. The number of hydrogen-bond donors (Lipinski definition) is 1. The van der Waals surface area contributed by atoms with Gasteiger partial charge in [-0.1, -0.05) is 59.2 Å². The Morgan fingerprint density at radius 2 is 1.21 bits per heavy atom. The molecule has 0 aliphatic heterocycles. The Morgan fingerprint density at radius 1 is 0.726 bits per heavy atom. The zero-order chi connectivity index (χ0) is 44.5. The molecule has 0 spiro atoms. The lowest BCUT2D eigenvalue weighted by molar-refractivity contribution is -0.153. The summed E-state index contributed by atoms with van der Waals surface area (Å²) in [4.78, 5) is 1.85. The van der Waals surface area contributed by atoms with Gasteiger partial charge in [-0.25, -0.2) is 9.36 Å². The van der Waals surface area contributed by atoms with E-state index >= 15 is 0 Å². The van der Waals surface area contributed by atoms with Gasteiger partial charge < -0.3 is 13.7 Å². The van der Waals surface area contributed by atoms with Crippen molar-refractivity contribution >= 4 is 122 Å². The molecule has 0 saturated heterocycles. The number of aromatic nitrogens is 4. The molecule has 6 aromatic heterocycles. The van der Waals surface area contributed by atoms with Crippen molar-refractivity contribution in [3.05, 3.63) is 85.4 Å². The van der Waals surface area contributed by atoms with Crippen LogP contribution < -0.4 is 0 Å². The van der Waals surface area contributed by atoms with E-state index in [9.17, 15) is 39.3 Å². The van der Waals surface area contributed by atoms with Crippen LogP contribution >= 0.6 is 69.1 Å². The van der Waals surface area contributed by atoms with E-state index in [0.717, 1.165) is 10.7 Å². The number of alkyl halides is 6. The minimum Gasteiger partial charge on any atom is -0.451 e. The molecule has 6 heterocycles. The van der Waals surface area contributed by atoms with Crippen LogP contribution in [-0.4, -0.2) is 69.9 Å². The average Bonchev–Trinajstić information content (AvgIpc) is 4.00. The van der Waals surface area contributed by atoms with Gasteiger partial charge in [0.05, 0.1) is 26.1 Å². The maximum Gasteiger partial charge on any atom is 0.397 e. The minimum absolute atomic E-state index is 0.0221. The first kappa shape index (κ1) is 45.1. The predicted octanol–water partition coefficient (Wildman–Crippen LogP) is 14.1. The van der Waals surface area contributed by atoms with Crippen LogP contribution in [0.15, 0.2) is 67.0 Å². The molecule has 2 atom stereocenters. The first-order chi connectivity index (χ1) is 29.2. The zero-order valence-corrected chi connectivity index (χ0v) is 37.3. The molecule has 0 fully saturated rings. The molecular formula is C39H31Cl4F6N5O5S3. The number of benzene rings is 2. The maximum atomic E-state index is 14.8. The SMILES string of the molecule is CN(CCCCC(c1nn(-c2ccc(Cl)cc2Cl)c2c1oc1ccsc12)C(F)(F)F)CCCCC(c1nn(-c2ccc(Cl)cc2Cl)c2c1oc1cc(S(=O)(=O)O)sc12)C(F)(F)F. The summed E-state index contributed by atoms with van der Waals surface area (Å²) in [5.74, 6) is -4.05. The van der Waals surface area contributed by atoms with Gasteiger partial charge >= 0.3 is 22.5 Å². The van der Waals surface area contributed by atoms with E-state index in [1.165, 1.54) is 40.3 Å². The van der Waals surface area contributed by atoms with Crippen molar-refractivity contribution in [3.8, 4) is 11.4 Å². The number of nitrogens with zero attached hydrogens (tertiary/aromatic N) is 5. The predicted molar refractivity (Wildman–Crippen MR) is 230 cm³/mol. The Balaban J connectivity index is 0.944. The number of furan rings is 2. The van der Waals surface area contributed by atoms with Crippen LogP contribution in [0.2, 0.25) is 20.1 Å². The van der Waals surface area contributed by atoms with Gasteiger partial charge in [0, 0.05) is 16.1 Å². The van der Waals surface area contributed by atoms with E-state index < -0.39 is 44.2 Å². The molecule has 330 valence electrons. The fourth-order valence-electron chi connectivity index (χ4n) is 7.53. The molecule has 0 aliphatic rings. The first-order valence-corrected chi connectivity index (χ1v) is 23.4. The summed E-state index contributed by atoms with van der Waals surface area (Å²) in [6, 6.07) is 11.6. The Labute approximate surface area is 376 Å². The van der Waals surface area contributed by atoms with Crippen LogP contribution in [0.25, 0.3) is 54.1 Å². The van der Waals surface area contributed by atoms with Crippen molar-refractivity contribution in [2.75, 3.05) is 20.1 Å². The van der Waals surface area contributed by atoms with Crippen molar-refractivity contribution in [3.63, 3.8) is 0 Å². The minimum atomic E-state index is -4.77. The van der Waals surface area contributed by atoms with E-state index in [0.29, 0.717) is 63.8 Å². The van der Waals surface area contributed by atoms with Gasteiger partial charge in [0.25, 0.3) is 0 Å². The van der Waals surface area contributed by atoms with Gasteiger partial charge in [-0.15, -0.1) is 22.7 Å². The lowest BCUT2D eigenvalue weighted by Crippen LogP contribution is -2.24. The summed E-state index contributed by atoms with van der Waals surface area (Å²) in [5, 5.41) is 11.4. The van der Waals surface area contributed by atoms with Gasteiger partial charge in [0.15, 0.2) is 15.4 Å². The molecule has 0 amide bonds. The molecule has 10 nitrogen and oxygen atoms in total. The number of rotatable bonds is 15. The van der Waals surface area contributed by atoms with Crippen LogP contribution in [0.4, 0.5) is 26.3 Å². The molecule has 2 unspecified atom stereocenters. The number of thiophene rings is 2.